The third-order valence-corrected chi connectivity index (χ3v) is 6.35. The molecule has 0 amide bonds. The molecule has 3 unspecified atom stereocenters. The van der Waals surface area contributed by atoms with Crippen LogP contribution in [0.3, 0.4) is 0 Å². The molecule has 7 heteroatoms. The quantitative estimate of drug-likeness (QED) is 0.694. The van der Waals surface area contributed by atoms with Crippen molar-refractivity contribution >= 4 is 11.6 Å². The summed E-state index contributed by atoms with van der Waals surface area (Å²) >= 11 is 6.04. The largest absolute Gasteiger partial charge is 0.417 e. The zero-order chi connectivity index (χ0) is 19.2. The summed E-state index contributed by atoms with van der Waals surface area (Å²) in [6.45, 7) is 0.898. The molecule has 3 aliphatic rings. The maximum Gasteiger partial charge on any atom is 0.417 e. The van der Waals surface area contributed by atoms with Gasteiger partial charge in [0.1, 0.15) is 5.82 Å². The first kappa shape index (κ1) is 18.8. The minimum absolute atomic E-state index is 0.0109. The Kier molecular flexibility index (Phi) is 4.75. The van der Waals surface area contributed by atoms with Crippen molar-refractivity contribution in [3.8, 4) is 0 Å². The number of rotatable bonds is 3. The molecule has 0 radical (unpaired) electrons. The van der Waals surface area contributed by atoms with E-state index in [1.807, 2.05) is 4.90 Å². The summed E-state index contributed by atoms with van der Waals surface area (Å²) in [6, 6.07) is 6.05. The van der Waals surface area contributed by atoms with Crippen LogP contribution in [0.25, 0.3) is 0 Å². The Labute approximate surface area is 160 Å². The molecule has 146 valence electrons. The highest BCUT2D eigenvalue weighted by Gasteiger charge is 2.50. The van der Waals surface area contributed by atoms with Gasteiger partial charge in [-0.2, -0.15) is 13.2 Å². The van der Waals surface area contributed by atoms with Crippen LogP contribution >= 0.6 is 11.6 Å². The Morgan fingerprint density at radius 3 is 2.63 bits per heavy atom. The first-order chi connectivity index (χ1) is 12.8. The molecular formula is C20H21ClF4N2. The summed E-state index contributed by atoms with van der Waals surface area (Å²) < 4.78 is 52.8. The minimum Gasteiger partial charge on any atom is -0.363 e. The fraction of sp³-hybridized carbons (Fsp3) is 0.500. The number of halogens is 5. The van der Waals surface area contributed by atoms with Crippen LogP contribution in [0.5, 0.6) is 0 Å². The Bertz CT molecular complexity index is 767. The minimum atomic E-state index is -4.47. The predicted octanol–water partition coefficient (Wildman–Crippen LogP) is 5.28. The van der Waals surface area contributed by atoms with E-state index in [9.17, 15) is 17.6 Å². The standard InChI is InChI=1S/C20H21ClF4N2/c21-17-12-27(9-7-16(17)20(23,24)25)18(14-3-5-15(22)6-4-14)19-8-1-2-13(10-19)11-26-19/h3-7,9,13,18,26H,1-2,8,10-12H2. The van der Waals surface area contributed by atoms with Crippen LogP contribution in [0.2, 0.25) is 0 Å². The van der Waals surface area contributed by atoms with Gasteiger partial charge in [-0.25, -0.2) is 4.39 Å². The van der Waals surface area contributed by atoms with Gasteiger partial charge in [-0.1, -0.05) is 30.2 Å². The lowest BCUT2D eigenvalue weighted by Crippen LogP contribution is -2.52. The van der Waals surface area contributed by atoms with Crippen LogP contribution in [0.15, 0.2) is 47.1 Å². The smallest absolute Gasteiger partial charge is 0.363 e. The number of nitrogens with one attached hydrogen (secondary N) is 1. The van der Waals surface area contributed by atoms with Gasteiger partial charge in [-0.05, 0) is 55.5 Å². The van der Waals surface area contributed by atoms with Crippen molar-refractivity contribution in [2.45, 2.75) is 43.4 Å². The molecule has 4 rings (SSSR count). The predicted molar refractivity (Wildman–Crippen MR) is 96.6 cm³/mol. The van der Waals surface area contributed by atoms with Gasteiger partial charge in [0, 0.05) is 16.8 Å². The monoisotopic (exact) mass is 400 g/mol. The van der Waals surface area contributed by atoms with Crippen LogP contribution in [0, 0.1) is 11.7 Å². The van der Waals surface area contributed by atoms with Gasteiger partial charge in [0.25, 0.3) is 0 Å². The fourth-order valence-electron chi connectivity index (χ4n) is 4.91. The molecule has 0 aromatic heterocycles. The number of alkyl halides is 3. The van der Waals surface area contributed by atoms with Crippen LogP contribution in [0.1, 0.15) is 37.3 Å². The highest BCUT2D eigenvalue weighted by atomic mass is 35.5. The molecule has 3 atom stereocenters. The fourth-order valence-corrected chi connectivity index (χ4v) is 5.22. The van der Waals surface area contributed by atoms with E-state index in [1.54, 1.807) is 12.1 Å². The van der Waals surface area contributed by atoms with Crippen LogP contribution in [-0.2, 0) is 0 Å². The second-order valence-corrected chi connectivity index (χ2v) is 8.21. The van der Waals surface area contributed by atoms with Gasteiger partial charge in [0.15, 0.2) is 0 Å². The SMILES string of the molecule is Fc1ccc(C(N2C=CC(C(F)(F)F)=C(Cl)C2)C23CCCC(CN2)C3)cc1. The van der Waals surface area contributed by atoms with Gasteiger partial charge in [-0.15, -0.1) is 0 Å². The van der Waals surface area contributed by atoms with Crippen LogP contribution in [-0.4, -0.2) is 29.7 Å². The third kappa shape index (κ3) is 3.49. The van der Waals surface area contributed by atoms with E-state index in [4.69, 9.17) is 11.6 Å². The highest BCUT2D eigenvalue weighted by Crippen LogP contribution is 2.48. The molecule has 1 aromatic rings. The molecule has 0 spiro atoms. The average molecular weight is 401 g/mol. The summed E-state index contributed by atoms with van der Waals surface area (Å²) in [4.78, 5) is 1.87. The number of benzene rings is 1. The van der Waals surface area contributed by atoms with Gasteiger partial charge in [0.2, 0.25) is 0 Å². The lowest BCUT2D eigenvalue weighted by atomic mass is 9.73. The first-order valence-electron chi connectivity index (χ1n) is 9.19. The molecule has 1 aliphatic carbocycles. The van der Waals surface area contributed by atoms with Crippen molar-refractivity contribution in [2.24, 2.45) is 5.92 Å². The molecule has 2 bridgehead atoms. The van der Waals surface area contributed by atoms with Gasteiger partial charge in [0.05, 0.1) is 18.2 Å². The molecule has 1 aromatic carbocycles. The van der Waals surface area contributed by atoms with E-state index in [-0.39, 0.29) is 29.0 Å². The van der Waals surface area contributed by atoms with Crippen molar-refractivity contribution < 1.29 is 17.6 Å². The summed E-state index contributed by atoms with van der Waals surface area (Å²) in [5.41, 5.74) is -0.148. The van der Waals surface area contributed by atoms with Gasteiger partial charge >= 0.3 is 6.18 Å². The summed E-state index contributed by atoms with van der Waals surface area (Å²) in [5.74, 6) is 0.245. The average Bonchev–Trinajstić information content (AvgIpc) is 2.90. The summed E-state index contributed by atoms with van der Waals surface area (Å²) in [6.07, 6.45) is 2.21. The van der Waals surface area contributed by atoms with E-state index in [0.29, 0.717) is 5.92 Å². The first-order valence-corrected chi connectivity index (χ1v) is 9.57. The van der Waals surface area contributed by atoms with Crippen molar-refractivity contribution in [1.82, 2.24) is 10.2 Å². The molecule has 1 N–H and O–H groups in total. The molecule has 2 heterocycles. The number of hydrogen-bond donors (Lipinski definition) is 1. The lowest BCUT2D eigenvalue weighted by Gasteiger charge is -2.47. The number of allylic oxidation sites excluding steroid dienone is 2. The Morgan fingerprint density at radius 1 is 1.22 bits per heavy atom. The van der Waals surface area contributed by atoms with E-state index in [0.717, 1.165) is 37.4 Å². The molecule has 1 saturated heterocycles. The second-order valence-electron chi connectivity index (χ2n) is 7.76. The number of fused-ring (bicyclic) bond motifs is 2. The zero-order valence-electron chi connectivity index (χ0n) is 14.7. The molecule has 1 saturated carbocycles. The van der Waals surface area contributed by atoms with Crippen LogP contribution in [0.4, 0.5) is 17.6 Å². The van der Waals surface area contributed by atoms with Gasteiger partial charge < -0.3 is 10.2 Å². The van der Waals surface area contributed by atoms with Gasteiger partial charge in [-0.3, -0.25) is 0 Å². The highest BCUT2D eigenvalue weighted by molar-refractivity contribution is 6.30. The van der Waals surface area contributed by atoms with E-state index in [2.05, 4.69) is 5.32 Å². The molecule has 2 nitrogen and oxygen atoms in total. The second kappa shape index (κ2) is 6.82. The van der Waals surface area contributed by atoms with Crippen molar-refractivity contribution in [2.75, 3.05) is 13.1 Å². The Morgan fingerprint density at radius 2 is 1.96 bits per heavy atom. The summed E-state index contributed by atoms with van der Waals surface area (Å²) in [7, 11) is 0. The molecule has 2 aliphatic heterocycles. The van der Waals surface area contributed by atoms with E-state index >= 15 is 0 Å². The number of nitrogens with zero attached hydrogens (tertiary/aromatic N) is 1. The number of hydrogen-bond acceptors (Lipinski definition) is 2. The van der Waals surface area contributed by atoms with Crippen LogP contribution < -0.4 is 5.32 Å². The summed E-state index contributed by atoms with van der Waals surface area (Å²) in [5, 5.41) is 3.44. The maximum absolute atomic E-state index is 13.5. The van der Waals surface area contributed by atoms with Crippen molar-refractivity contribution in [1.29, 1.82) is 0 Å². The zero-order valence-corrected chi connectivity index (χ0v) is 15.5. The molecule has 27 heavy (non-hydrogen) atoms. The maximum atomic E-state index is 13.5. The Balaban J connectivity index is 1.71. The molecular weight excluding hydrogens is 380 g/mol. The van der Waals surface area contributed by atoms with Crippen molar-refractivity contribution in [3.63, 3.8) is 0 Å². The van der Waals surface area contributed by atoms with E-state index < -0.39 is 11.7 Å². The topological polar surface area (TPSA) is 15.3 Å². The van der Waals surface area contributed by atoms with E-state index in [1.165, 1.54) is 24.8 Å². The Hall–Kier alpha value is -1.53. The lowest BCUT2D eigenvalue weighted by molar-refractivity contribution is -0.0894. The molecule has 2 fully saturated rings. The normalized spacial score (nSPS) is 29.4. The van der Waals surface area contributed by atoms with Crippen molar-refractivity contribution in [3.05, 3.63) is 58.5 Å². The third-order valence-electron chi connectivity index (χ3n) is 6.02.